The molecule has 8 nitrogen and oxygen atoms in total. The van der Waals surface area contributed by atoms with E-state index in [0.29, 0.717) is 10.2 Å². The van der Waals surface area contributed by atoms with E-state index in [1.54, 1.807) is 24.3 Å². The monoisotopic (exact) mass is 492 g/mol. The largest absolute Gasteiger partial charge is 0.461 e. The summed E-state index contributed by atoms with van der Waals surface area (Å²) in [5.41, 5.74) is 0. The van der Waals surface area contributed by atoms with Crippen LogP contribution >= 0.6 is 22.6 Å². The molecule has 1 aromatic rings. The topological polar surface area (TPSA) is 97.4 Å². The van der Waals surface area contributed by atoms with Gasteiger partial charge in [-0.05, 0) is 12.1 Å². The van der Waals surface area contributed by atoms with Crippen LogP contribution in [0.1, 0.15) is 20.8 Å². The summed E-state index contributed by atoms with van der Waals surface area (Å²) in [6.45, 7) is 3.68. The Labute approximate surface area is 170 Å². The summed E-state index contributed by atoms with van der Waals surface area (Å²) in [6, 6.07) is 8.81. The fourth-order valence-corrected chi connectivity index (χ4v) is 3.42. The fourth-order valence-electron chi connectivity index (χ4n) is 2.71. The van der Waals surface area contributed by atoms with Crippen molar-refractivity contribution in [2.75, 3.05) is 4.43 Å². The Kier molecular flexibility index (Phi) is 7.84. The molecule has 0 aliphatic carbocycles. The van der Waals surface area contributed by atoms with Crippen molar-refractivity contribution in [2.45, 2.75) is 51.5 Å². The zero-order valence-corrected chi connectivity index (χ0v) is 17.3. The van der Waals surface area contributed by atoms with Crippen molar-refractivity contribution < 1.29 is 38.1 Å². The third kappa shape index (κ3) is 6.06. The summed E-state index contributed by atoms with van der Waals surface area (Å²) < 4.78 is 28.2. The Bertz CT molecular complexity index is 665. The number of ether oxygens (including phenoxy) is 5. The predicted molar refractivity (Wildman–Crippen MR) is 101 cm³/mol. The second-order valence-corrected chi connectivity index (χ2v) is 6.73. The number of rotatable bonds is 6. The SMILES string of the molecule is CC(=O)O[C@H]1[C@@H](OC(C)=O)[C@@H](CI)O[C@@H](Oc2ccccc2)[C@@H]1OC(C)=O. The van der Waals surface area contributed by atoms with Gasteiger partial charge in [0.1, 0.15) is 11.9 Å². The number of hydrogen-bond donors (Lipinski definition) is 0. The third-order valence-corrected chi connectivity index (χ3v) is 4.51. The highest BCUT2D eigenvalue weighted by Crippen LogP contribution is 2.31. The minimum Gasteiger partial charge on any atom is -0.461 e. The number of para-hydroxylation sites is 1. The van der Waals surface area contributed by atoms with Gasteiger partial charge in [-0.3, -0.25) is 14.4 Å². The van der Waals surface area contributed by atoms with E-state index < -0.39 is 48.6 Å². The van der Waals surface area contributed by atoms with Crippen molar-refractivity contribution in [2.24, 2.45) is 0 Å². The zero-order valence-electron chi connectivity index (χ0n) is 15.1. The fraction of sp³-hybridized carbons (Fsp3) is 0.500. The standard InChI is InChI=1S/C18H21IO8/c1-10(20)23-15-14(9-19)27-18(26-13-7-5-4-6-8-13)17(25-12(3)22)16(15)24-11(2)21/h4-8,14-18H,9H2,1-3H3/t14-,15+,16+,17-,18-/m1/s1. The van der Waals surface area contributed by atoms with Crippen LogP contribution < -0.4 is 4.74 Å². The van der Waals surface area contributed by atoms with Crippen LogP contribution in [0.3, 0.4) is 0 Å². The lowest BCUT2D eigenvalue weighted by Gasteiger charge is -2.43. The number of carbonyl (C=O) groups excluding carboxylic acids is 3. The molecule has 1 aliphatic heterocycles. The third-order valence-electron chi connectivity index (χ3n) is 3.64. The van der Waals surface area contributed by atoms with Crippen LogP contribution in [0.15, 0.2) is 30.3 Å². The van der Waals surface area contributed by atoms with E-state index in [1.807, 2.05) is 6.07 Å². The first-order chi connectivity index (χ1) is 12.8. The smallest absolute Gasteiger partial charge is 0.303 e. The Morgan fingerprint density at radius 1 is 0.889 bits per heavy atom. The molecule has 1 saturated heterocycles. The van der Waals surface area contributed by atoms with Gasteiger partial charge >= 0.3 is 17.9 Å². The first kappa shape index (κ1) is 21.4. The zero-order chi connectivity index (χ0) is 20.0. The van der Waals surface area contributed by atoms with E-state index in [2.05, 4.69) is 22.6 Å². The molecular weight excluding hydrogens is 471 g/mol. The van der Waals surface area contributed by atoms with Gasteiger partial charge in [0.25, 0.3) is 0 Å². The summed E-state index contributed by atoms with van der Waals surface area (Å²) in [6.07, 6.45) is -4.80. The van der Waals surface area contributed by atoms with E-state index in [1.165, 1.54) is 20.8 Å². The van der Waals surface area contributed by atoms with Crippen molar-refractivity contribution in [3.63, 3.8) is 0 Å². The number of benzene rings is 1. The summed E-state index contributed by atoms with van der Waals surface area (Å²) in [5.74, 6) is -1.31. The molecule has 1 aliphatic rings. The molecule has 1 fully saturated rings. The van der Waals surface area contributed by atoms with Crippen molar-refractivity contribution >= 4 is 40.5 Å². The lowest BCUT2D eigenvalue weighted by molar-refractivity contribution is -0.279. The van der Waals surface area contributed by atoms with Crippen molar-refractivity contribution in [3.8, 4) is 5.75 Å². The Morgan fingerprint density at radius 2 is 1.41 bits per heavy atom. The lowest BCUT2D eigenvalue weighted by atomic mass is 9.99. The van der Waals surface area contributed by atoms with Gasteiger partial charge in [-0.15, -0.1) is 0 Å². The van der Waals surface area contributed by atoms with E-state index in [-0.39, 0.29) is 0 Å². The van der Waals surface area contributed by atoms with Gasteiger partial charge in [0, 0.05) is 25.2 Å². The van der Waals surface area contributed by atoms with E-state index >= 15 is 0 Å². The van der Waals surface area contributed by atoms with Gasteiger partial charge in [0.15, 0.2) is 12.2 Å². The molecule has 148 valence electrons. The Hall–Kier alpha value is -1.88. The second-order valence-electron chi connectivity index (χ2n) is 5.85. The van der Waals surface area contributed by atoms with E-state index in [4.69, 9.17) is 23.7 Å². The number of carbonyl (C=O) groups is 3. The molecule has 0 bridgehead atoms. The highest BCUT2D eigenvalue weighted by molar-refractivity contribution is 14.1. The molecule has 0 aromatic heterocycles. The highest BCUT2D eigenvalue weighted by Gasteiger charge is 2.52. The van der Waals surface area contributed by atoms with Crippen molar-refractivity contribution in [1.82, 2.24) is 0 Å². The Balaban J connectivity index is 2.38. The van der Waals surface area contributed by atoms with Crippen LogP contribution in [-0.2, 0) is 33.3 Å². The summed E-state index contributed by atoms with van der Waals surface area (Å²) >= 11 is 2.07. The molecule has 1 heterocycles. The minimum absolute atomic E-state index is 0.426. The van der Waals surface area contributed by atoms with Gasteiger partial charge in [0.2, 0.25) is 12.4 Å². The van der Waals surface area contributed by atoms with Crippen LogP contribution in [0.25, 0.3) is 0 Å². The number of esters is 3. The lowest BCUT2D eigenvalue weighted by Crippen LogP contribution is -2.63. The second kappa shape index (κ2) is 9.88. The molecule has 0 unspecified atom stereocenters. The summed E-state index contributed by atoms with van der Waals surface area (Å²) in [5, 5.41) is 0. The first-order valence-electron chi connectivity index (χ1n) is 8.26. The number of halogens is 1. The normalized spacial score (nSPS) is 27.3. The molecule has 0 amide bonds. The summed E-state index contributed by atoms with van der Waals surface area (Å²) in [7, 11) is 0. The molecule has 9 heteroatoms. The molecule has 5 atom stereocenters. The molecule has 27 heavy (non-hydrogen) atoms. The van der Waals surface area contributed by atoms with Crippen LogP contribution in [0.4, 0.5) is 0 Å². The molecule has 2 rings (SSSR count). The molecule has 0 saturated carbocycles. The average Bonchev–Trinajstić information content (AvgIpc) is 2.59. The van der Waals surface area contributed by atoms with Gasteiger partial charge in [-0.1, -0.05) is 40.8 Å². The average molecular weight is 492 g/mol. The van der Waals surface area contributed by atoms with Crippen LogP contribution in [0.2, 0.25) is 0 Å². The van der Waals surface area contributed by atoms with E-state index in [9.17, 15) is 14.4 Å². The minimum atomic E-state index is -1.12. The number of hydrogen-bond acceptors (Lipinski definition) is 8. The van der Waals surface area contributed by atoms with Gasteiger partial charge in [-0.2, -0.15) is 0 Å². The molecule has 0 spiro atoms. The number of alkyl halides is 1. The highest BCUT2D eigenvalue weighted by atomic mass is 127. The van der Waals surface area contributed by atoms with Gasteiger partial charge in [0.05, 0.1) is 0 Å². The molecule has 0 N–H and O–H groups in total. The van der Waals surface area contributed by atoms with Crippen LogP contribution in [0.5, 0.6) is 5.75 Å². The van der Waals surface area contributed by atoms with Gasteiger partial charge < -0.3 is 23.7 Å². The van der Waals surface area contributed by atoms with E-state index in [0.717, 1.165) is 0 Å². The van der Waals surface area contributed by atoms with Crippen LogP contribution in [0, 0.1) is 0 Å². The van der Waals surface area contributed by atoms with Gasteiger partial charge in [-0.25, -0.2) is 0 Å². The van der Waals surface area contributed by atoms with Crippen molar-refractivity contribution in [3.05, 3.63) is 30.3 Å². The Morgan fingerprint density at radius 3 is 1.93 bits per heavy atom. The maximum absolute atomic E-state index is 11.6. The quantitative estimate of drug-likeness (QED) is 0.258. The van der Waals surface area contributed by atoms with Crippen molar-refractivity contribution in [1.29, 1.82) is 0 Å². The molecule has 0 radical (unpaired) electrons. The predicted octanol–water partition coefficient (Wildman–Crippen LogP) is 2.02. The molecule has 1 aromatic carbocycles. The molecular formula is C18H21IO8. The first-order valence-corrected chi connectivity index (χ1v) is 9.79. The maximum atomic E-state index is 11.6. The maximum Gasteiger partial charge on any atom is 0.303 e. The van der Waals surface area contributed by atoms with Crippen LogP contribution in [-0.4, -0.2) is 53.0 Å². The summed E-state index contributed by atoms with van der Waals surface area (Å²) in [4.78, 5) is 34.8.